The van der Waals surface area contributed by atoms with E-state index in [0.717, 1.165) is 22.0 Å². The van der Waals surface area contributed by atoms with Gasteiger partial charge in [-0.1, -0.05) is 23.4 Å². The number of carbonyl (C=O) groups is 1. The minimum atomic E-state index is -0.455. The summed E-state index contributed by atoms with van der Waals surface area (Å²) in [5, 5.41) is 4.92. The Labute approximate surface area is 181 Å². The van der Waals surface area contributed by atoms with Crippen molar-refractivity contribution in [3.8, 4) is 11.5 Å². The van der Waals surface area contributed by atoms with Crippen molar-refractivity contribution in [2.24, 2.45) is 5.16 Å². The van der Waals surface area contributed by atoms with E-state index in [0.29, 0.717) is 22.8 Å². The van der Waals surface area contributed by atoms with Crippen LogP contribution in [0.25, 0.3) is 10.9 Å². The number of rotatable bonds is 8. The summed E-state index contributed by atoms with van der Waals surface area (Å²) in [7, 11) is 2.93. The van der Waals surface area contributed by atoms with E-state index in [-0.39, 0.29) is 12.7 Å². The Bertz CT molecular complexity index is 1110. The van der Waals surface area contributed by atoms with Gasteiger partial charge in [0.25, 0.3) is 0 Å². The van der Waals surface area contributed by atoms with E-state index < -0.39 is 5.97 Å². The van der Waals surface area contributed by atoms with Crippen LogP contribution in [-0.4, -0.2) is 37.5 Å². The minimum absolute atomic E-state index is 0.0261. The minimum Gasteiger partial charge on any atom is -0.493 e. The van der Waals surface area contributed by atoms with Crippen LogP contribution < -0.4 is 9.47 Å². The van der Waals surface area contributed by atoms with Crippen LogP contribution in [0.2, 0.25) is 0 Å². The molecule has 162 valence electrons. The van der Waals surface area contributed by atoms with Crippen LogP contribution >= 0.6 is 0 Å². The van der Waals surface area contributed by atoms with E-state index in [2.05, 4.69) is 10.1 Å². The van der Waals surface area contributed by atoms with E-state index in [1.807, 2.05) is 63.2 Å². The first kappa shape index (κ1) is 22.1. The monoisotopic (exact) mass is 422 g/mol. The maximum absolute atomic E-state index is 12.3. The highest BCUT2D eigenvalue weighted by Crippen LogP contribution is 2.28. The van der Waals surface area contributed by atoms with Crippen LogP contribution in [0.15, 0.2) is 47.6 Å². The molecule has 0 saturated heterocycles. The number of aromatic nitrogens is 1. The number of methoxy groups -OCH3 is 2. The zero-order valence-corrected chi connectivity index (χ0v) is 18.3. The molecule has 0 aliphatic heterocycles. The van der Waals surface area contributed by atoms with Gasteiger partial charge < -0.3 is 19.0 Å². The van der Waals surface area contributed by atoms with Crippen LogP contribution in [0.3, 0.4) is 0 Å². The van der Waals surface area contributed by atoms with Crippen molar-refractivity contribution in [3.63, 3.8) is 0 Å². The van der Waals surface area contributed by atoms with Crippen molar-refractivity contribution in [2.75, 3.05) is 14.2 Å². The van der Waals surface area contributed by atoms with Crippen molar-refractivity contribution in [1.82, 2.24) is 4.98 Å². The van der Waals surface area contributed by atoms with Gasteiger partial charge >= 0.3 is 5.97 Å². The van der Waals surface area contributed by atoms with Crippen LogP contribution in [0.1, 0.15) is 41.0 Å². The summed E-state index contributed by atoms with van der Waals surface area (Å²) < 4.78 is 16.0. The number of carbonyl (C=O) groups excluding carboxylic acids is 1. The first-order valence-corrected chi connectivity index (χ1v) is 9.91. The summed E-state index contributed by atoms with van der Waals surface area (Å²) in [6, 6.07) is 13.1. The number of ether oxygens (including phenoxy) is 3. The van der Waals surface area contributed by atoms with Gasteiger partial charge in [-0.2, -0.15) is 0 Å². The molecule has 0 N–H and O–H groups in total. The van der Waals surface area contributed by atoms with E-state index in [1.165, 1.54) is 7.11 Å². The molecule has 1 heterocycles. The average Bonchev–Trinajstić information content (AvgIpc) is 2.77. The van der Waals surface area contributed by atoms with E-state index in [4.69, 9.17) is 19.0 Å². The molecule has 0 atom stereocenters. The fraction of sp³-hybridized carbons (Fsp3) is 0.292. The molecular weight excluding hydrogens is 396 g/mol. The summed E-state index contributed by atoms with van der Waals surface area (Å²) >= 11 is 0. The lowest BCUT2D eigenvalue weighted by atomic mass is 10.0. The SMILES string of the molecule is COC(=O)c1c(CO/N=C\c2ccc(OC(C)C)c(OC)c2)nc2ccccc2c1C. The van der Waals surface area contributed by atoms with Gasteiger partial charge in [-0.15, -0.1) is 0 Å². The number of para-hydroxylation sites is 1. The summed E-state index contributed by atoms with van der Waals surface area (Å²) in [6.07, 6.45) is 1.60. The highest BCUT2D eigenvalue weighted by Gasteiger charge is 2.19. The molecule has 0 saturated carbocycles. The van der Waals surface area contributed by atoms with Crippen molar-refractivity contribution >= 4 is 23.1 Å². The molecule has 0 fully saturated rings. The quantitative estimate of drug-likeness (QED) is 0.298. The highest BCUT2D eigenvalue weighted by atomic mass is 16.6. The summed E-state index contributed by atoms with van der Waals surface area (Å²) in [5.74, 6) is 0.815. The Morgan fingerprint density at radius 3 is 2.61 bits per heavy atom. The standard InChI is InChI=1S/C24H26N2O5/c1-15(2)31-21-11-10-17(12-22(21)28-4)13-25-30-14-20-23(24(27)29-5)16(3)18-8-6-7-9-19(18)26-20/h6-13,15H,14H2,1-5H3/b25-13-. The van der Waals surface area contributed by atoms with E-state index >= 15 is 0 Å². The van der Waals surface area contributed by atoms with Gasteiger partial charge in [-0.05, 0) is 50.6 Å². The lowest BCUT2D eigenvalue weighted by molar-refractivity contribution is 0.0591. The normalized spacial score (nSPS) is 11.2. The van der Waals surface area contributed by atoms with Gasteiger partial charge in [0, 0.05) is 10.9 Å². The van der Waals surface area contributed by atoms with Gasteiger partial charge in [0.05, 0.1) is 43.3 Å². The van der Waals surface area contributed by atoms with Gasteiger partial charge in [-0.3, -0.25) is 0 Å². The van der Waals surface area contributed by atoms with Crippen molar-refractivity contribution in [2.45, 2.75) is 33.5 Å². The van der Waals surface area contributed by atoms with Crippen LogP contribution in [0.5, 0.6) is 11.5 Å². The number of fused-ring (bicyclic) bond motifs is 1. The van der Waals surface area contributed by atoms with Gasteiger partial charge in [0.2, 0.25) is 0 Å². The van der Waals surface area contributed by atoms with Crippen LogP contribution in [0, 0.1) is 6.92 Å². The third-order valence-electron chi connectivity index (χ3n) is 4.64. The second kappa shape index (κ2) is 9.93. The molecule has 0 bridgehead atoms. The smallest absolute Gasteiger partial charge is 0.340 e. The average molecular weight is 422 g/mol. The summed E-state index contributed by atoms with van der Waals surface area (Å²) in [4.78, 5) is 22.4. The number of aryl methyl sites for hydroxylation is 1. The topological polar surface area (TPSA) is 79.2 Å². The summed E-state index contributed by atoms with van der Waals surface area (Å²) in [6.45, 7) is 5.80. The molecule has 2 aromatic carbocycles. The number of pyridine rings is 1. The molecule has 0 aliphatic carbocycles. The third kappa shape index (κ3) is 5.12. The van der Waals surface area contributed by atoms with Crippen molar-refractivity contribution in [3.05, 3.63) is 64.8 Å². The lowest BCUT2D eigenvalue weighted by Gasteiger charge is -2.13. The molecule has 0 unspecified atom stereocenters. The molecule has 0 amide bonds. The Hall–Kier alpha value is -3.61. The Kier molecular flexibility index (Phi) is 7.07. The van der Waals surface area contributed by atoms with Gasteiger partial charge in [0.1, 0.15) is 0 Å². The number of oxime groups is 1. The maximum atomic E-state index is 12.3. The molecule has 0 radical (unpaired) electrons. The van der Waals surface area contributed by atoms with Gasteiger partial charge in [0.15, 0.2) is 18.1 Å². The number of hydrogen-bond donors (Lipinski definition) is 0. The Morgan fingerprint density at radius 2 is 1.90 bits per heavy atom. The molecule has 0 aliphatic rings. The Balaban J connectivity index is 1.80. The highest BCUT2D eigenvalue weighted by molar-refractivity contribution is 5.98. The summed E-state index contributed by atoms with van der Waals surface area (Å²) in [5.41, 5.74) is 3.22. The molecule has 1 aromatic heterocycles. The van der Waals surface area contributed by atoms with Gasteiger partial charge in [-0.25, -0.2) is 9.78 Å². The van der Waals surface area contributed by atoms with Crippen LogP contribution in [-0.2, 0) is 16.2 Å². The lowest BCUT2D eigenvalue weighted by Crippen LogP contribution is -2.11. The number of hydrogen-bond acceptors (Lipinski definition) is 7. The second-order valence-corrected chi connectivity index (χ2v) is 7.15. The number of esters is 1. The number of nitrogens with zero attached hydrogens (tertiary/aromatic N) is 2. The zero-order valence-electron chi connectivity index (χ0n) is 18.3. The fourth-order valence-corrected chi connectivity index (χ4v) is 3.23. The molecular formula is C24H26N2O5. The second-order valence-electron chi connectivity index (χ2n) is 7.15. The predicted octanol–water partition coefficient (Wildman–Crippen LogP) is 4.68. The number of benzene rings is 2. The zero-order chi connectivity index (χ0) is 22.4. The molecule has 3 rings (SSSR count). The van der Waals surface area contributed by atoms with E-state index in [1.54, 1.807) is 13.3 Å². The fourth-order valence-electron chi connectivity index (χ4n) is 3.23. The van der Waals surface area contributed by atoms with Crippen molar-refractivity contribution in [1.29, 1.82) is 0 Å². The Morgan fingerprint density at radius 1 is 1.13 bits per heavy atom. The van der Waals surface area contributed by atoms with Crippen molar-refractivity contribution < 1.29 is 23.8 Å². The predicted molar refractivity (Wildman–Crippen MR) is 119 cm³/mol. The van der Waals surface area contributed by atoms with Crippen LogP contribution in [0.4, 0.5) is 0 Å². The third-order valence-corrected chi connectivity index (χ3v) is 4.64. The molecule has 0 spiro atoms. The molecule has 7 heteroatoms. The molecule has 3 aromatic rings. The molecule has 31 heavy (non-hydrogen) atoms. The van der Waals surface area contributed by atoms with E-state index in [9.17, 15) is 4.79 Å². The molecule has 7 nitrogen and oxygen atoms in total. The maximum Gasteiger partial charge on any atom is 0.340 e. The largest absolute Gasteiger partial charge is 0.493 e. The first-order chi connectivity index (χ1) is 14.9. The first-order valence-electron chi connectivity index (χ1n) is 9.91.